The minimum Gasteiger partial charge on any atom is -0.395 e. The van der Waals surface area contributed by atoms with Crippen LogP contribution in [0.15, 0.2) is 54.6 Å². The summed E-state index contributed by atoms with van der Waals surface area (Å²) >= 11 is 0. The van der Waals surface area contributed by atoms with Gasteiger partial charge in [0.1, 0.15) is 0 Å². The lowest BCUT2D eigenvalue weighted by molar-refractivity contribution is -0.146. The Morgan fingerprint density at radius 3 is 2.06 bits per heavy atom. The van der Waals surface area contributed by atoms with Gasteiger partial charge in [-0.15, -0.1) is 0 Å². The van der Waals surface area contributed by atoms with Crippen LogP contribution in [0.3, 0.4) is 0 Å². The Bertz CT molecular complexity index is 914. The van der Waals surface area contributed by atoms with E-state index in [1.807, 2.05) is 23.1 Å². The molecule has 1 atom stereocenters. The molecule has 1 N–H and O–H groups in total. The summed E-state index contributed by atoms with van der Waals surface area (Å²) in [6.07, 6.45) is 0.853. The molecule has 2 aliphatic carbocycles. The van der Waals surface area contributed by atoms with E-state index in [1.54, 1.807) is 0 Å². The van der Waals surface area contributed by atoms with Crippen molar-refractivity contribution < 1.29 is 23.1 Å². The number of hydrogen-bond acceptors (Lipinski definition) is 2. The fourth-order valence-electron chi connectivity index (χ4n) is 5.00. The van der Waals surface area contributed by atoms with Gasteiger partial charge in [0.25, 0.3) is 5.91 Å². The van der Waals surface area contributed by atoms with E-state index in [9.17, 15) is 23.1 Å². The zero-order valence-electron chi connectivity index (χ0n) is 18.3. The standard InChI is InChI=1S/C26H30F3NO2/c1-18(26(27,28)29)19-7-9-20(10-8-19)24(32)30(22-11-12-22)23-13-15-25(17-31,16-14-23)21-5-3-2-4-6-21/h2-10,18,22-23,31H,11-17H2,1H3/t18-,23-,25-/m1/s1. The first-order chi connectivity index (χ1) is 15.2. The summed E-state index contributed by atoms with van der Waals surface area (Å²) in [7, 11) is 0. The number of rotatable bonds is 6. The third-order valence-corrected chi connectivity index (χ3v) is 7.32. The van der Waals surface area contributed by atoms with Crippen molar-refractivity contribution in [3.63, 3.8) is 0 Å². The van der Waals surface area contributed by atoms with Crippen LogP contribution >= 0.6 is 0 Å². The molecule has 4 rings (SSSR count). The number of amides is 1. The Morgan fingerprint density at radius 1 is 1.00 bits per heavy atom. The molecule has 0 bridgehead atoms. The van der Waals surface area contributed by atoms with Crippen molar-refractivity contribution in [3.05, 3.63) is 71.3 Å². The van der Waals surface area contributed by atoms with Gasteiger partial charge in [0.05, 0.1) is 12.5 Å². The summed E-state index contributed by atoms with van der Waals surface area (Å²) in [6, 6.07) is 16.3. The topological polar surface area (TPSA) is 40.5 Å². The molecule has 0 aliphatic heterocycles. The molecule has 0 saturated heterocycles. The predicted molar refractivity (Wildman–Crippen MR) is 118 cm³/mol. The van der Waals surface area contributed by atoms with E-state index in [0.29, 0.717) is 5.56 Å². The van der Waals surface area contributed by atoms with Crippen molar-refractivity contribution >= 4 is 5.91 Å². The number of alkyl halides is 3. The molecule has 172 valence electrons. The first-order valence-corrected chi connectivity index (χ1v) is 11.4. The number of carbonyl (C=O) groups excluding carboxylic acids is 1. The lowest BCUT2D eigenvalue weighted by atomic mass is 9.68. The van der Waals surface area contributed by atoms with Gasteiger partial charge < -0.3 is 10.0 Å². The van der Waals surface area contributed by atoms with Gasteiger partial charge >= 0.3 is 6.18 Å². The summed E-state index contributed by atoms with van der Waals surface area (Å²) in [5.74, 6) is -1.66. The molecule has 2 aromatic carbocycles. The van der Waals surface area contributed by atoms with E-state index in [2.05, 4.69) is 12.1 Å². The number of hydrogen-bond donors (Lipinski definition) is 1. The summed E-state index contributed by atoms with van der Waals surface area (Å²) in [5, 5.41) is 10.2. The molecule has 1 amide bonds. The van der Waals surface area contributed by atoms with Crippen LogP contribution in [0.1, 0.15) is 72.9 Å². The van der Waals surface area contributed by atoms with Crippen LogP contribution in [-0.4, -0.2) is 40.8 Å². The van der Waals surface area contributed by atoms with Crippen molar-refractivity contribution in [3.8, 4) is 0 Å². The number of carbonyl (C=O) groups is 1. The number of nitrogens with zero attached hydrogens (tertiary/aromatic N) is 1. The molecule has 2 aromatic rings. The van der Waals surface area contributed by atoms with Gasteiger partial charge in [0.2, 0.25) is 0 Å². The highest BCUT2D eigenvalue weighted by molar-refractivity contribution is 5.95. The highest BCUT2D eigenvalue weighted by Gasteiger charge is 2.43. The molecular weight excluding hydrogens is 415 g/mol. The lowest BCUT2D eigenvalue weighted by Gasteiger charge is -2.43. The Morgan fingerprint density at radius 2 is 1.56 bits per heavy atom. The second-order valence-corrected chi connectivity index (χ2v) is 9.36. The number of aliphatic hydroxyl groups is 1. The van der Waals surface area contributed by atoms with Crippen molar-refractivity contribution in [2.45, 2.75) is 75.0 Å². The van der Waals surface area contributed by atoms with Crippen LogP contribution in [0.4, 0.5) is 13.2 Å². The molecular formula is C26H30F3NO2. The molecule has 32 heavy (non-hydrogen) atoms. The first-order valence-electron chi connectivity index (χ1n) is 11.4. The van der Waals surface area contributed by atoms with Crippen LogP contribution in [0, 0.1) is 0 Å². The van der Waals surface area contributed by atoms with Gasteiger partial charge in [-0.25, -0.2) is 0 Å². The molecule has 2 aliphatic rings. The average Bonchev–Trinajstić information content (AvgIpc) is 3.64. The molecule has 0 spiro atoms. The smallest absolute Gasteiger partial charge is 0.395 e. The maximum atomic E-state index is 13.4. The summed E-state index contributed by atoms with van der Waals surface area (Å²) in [6.45, 7) is 1.22. The number of benzene rings is 2. The van der Waals surface area contributed by atoms with Crippen molar-refractivity contribution in [1.82, 2.24) is 4.90 Å². The molecule has 0 heterocycles. The molecule has 2 saturated carbocycles. The second kappa shape index (κ2) is 8.89. The van der Waals surface area contributed by atoms with E-state index < -0.39 is 12.1 Å². The summed E-state index contributed by atoms with van der Waals surface area (Å²) in [4.78, 5) is 15.3. The van der Waals surface area contributed by atoms with E-state index in [4.69, 9.17) is 0 Å². The number of aliphatic hydroxyl groups excluding tert-OH is 1. The normalized spacial score (nSPS) is 24.7. The maximum Gasteiger partial charge on any atom is 0.395 e. The first kappa shape index (κ1) is 22.8. The van der Waals surface area contributed by atoms with Gasteiger partial charge in [-0.05, 0) is 68.7 Å². The zero-order valence-corrected chi connectivity index (χ0v) is 18.3. The fourth-order valence-corrected chi connectivity index (χ4v) is 5.00. The van der Waals surface area contributed by atoms with Gasteiger partial charge in [0, 0.05) is 23.1 Å². The van der Waals surface area contributed by atoms with Crippen molar-refractivity contribution in [1.29, 1.82) is 0 Å². The van der Waals surface area contributed by atoms with Gasteiger partial charge in [-0.3, -0.25) is 4.79 Å². The number of halogens is 3. The largest absolute Gasteiger partial charge is 0.395 e. The predicted octanol–water partition coefficient (Wildman–Crippen LogP) is 5.83. The van der Waals surface area contributed by atoms with Crippen LogP contribution in [-0.2, 0) is 5.41 Å². The highest BCUT2D eigenvalue weighted by Crippen LogP contribution is 2.43. The molecule has 3 nitrogen and oxygen atoms in total. The van der Waals surface area contributed by atoms with E-state index in [0.717, 1.165) is 51.0 Å². The van der Waals surface area contributed by atoms with Crippen LogP contribution in [0.25, 0.3) is 0 Å². The third kappa shape index (κ3) is 4.56. The van der Waals surface area contributed by atoms with Crippen molar-refractivity contribution in [2.24, 2.45) is 0 Å². The quantitative estimate of drug-likeness (QED) is 0.608. The van der Waals surface area contributed by atoms with Gasteiger partial charge in [-0.2, -0.15) is 13.2 Å². The maximum absolute atomic E-state index is 13.4. The summed E-state index contributed by atoms with van der Waals surface area (Å²) in [5.41, 5.74) is 1.47. The van der Waals surface area contributed by atoms with Crippen LogP contribution < -0.4 is 0 Å². The second-order valence-electron chi connectivity index (χ2n) is 9.36. The van der Waals surface area contributed by atoms with Gasteiger partial charge in [0.15, 0.2) is 0 Å². The zero-order chi connectivity index (χ0) is 22.9. The third-order valence-electron chi connectivity index (χ3n) is 7.32. The fraction of sp³-hybridized carbons (Fsp3) is 0.500. The van der Waals surface area contributed by atoms with Crippen LogP contribution in [0.5, 0.6) is 0 Å². The Kier molecular flexibility index (Phi) is 6.35. The molecule has 0 unspecified atom stereocenters. The lowest BCUT2D eigenvalue weighted by Crippen LogP contribution is -2.47. The minimum atomic E-state index is -4.30. The molecule has 0 radical (unpaired) electrons. The SMILES string of the molecule is C[C@H](c1ccc(C(=O)N(C2CC2)[C@H]2CC[C@](CO)(c3ccccc3)CC2)cc1)C(F)(F)F. The van der Waals surface area contributed by atoms with Gasteiger partial charge in [-0.1, -0.05) is 42.5 Å². The Balaban J connectivity index is 1.48. The highest BCUT2D eigenvalue weighted by atomic mass is 19.4. The Hall–Kier alpha value is -2.34. The van der Waals surface area contributed by atoms with Crippen molar-refractivity contribution in [2.75, 3.05) is 6.61 Å². The van der Waals surface area contributed by atoms with E-state index in [1.165, 1.54) is 24.3 Å². The Labute approximate surface area is 187 Å². The average molecular weight is 446 g/mol. The van der Waals surface area contributed by atoms with Crippen LogP contribution in [0.2, 0.25) is 0 Å². The molecule has 0 aromatic heterocycles. The molecule has 2 fully saturated rings. The molecule has 6 heteroatoms. The van der Waals surface area contributed by atoms with E-state index in [-0.39, 0.29) is 35.6 Å². The minimum absolute atomic E-state index is 0.0833. The summed E-state index contributed by atoms with van der Waals surface area (Å²) < 4.78 is 39.0. The monoisotopic (exact) mass is 445 g/mol. The van der Waals surface area contributed by atoms with E-state index >= 15 is 0 Å².